The van der Waals surface area contributed by atoms with Crippen LogP contribution in [0.15, 0.2) is 62.9 Å². The molecule has 0 amide bonds. The zero-order valence-corrected chi connectivity index (χ0v) is 20.5. The summed E-state index contributed by atoms with van der Waals surface area (Å²) >= 11 is 3.62. The van der Waals surface area contributed by atoms with Crippen LogP contribution in [-0.2, 0) is 26.1 Å². The third-order valence-corrected chi connectivity index (χ3v) is 5.11. The number of hydrogen-bond donors (Lipinski definition) is 1. The van der Waals surface area contributed by atoms with Crippen LogP contribution in [0.25, 0.3) is 0 Å². The van der Waals surface area contributed by atoms with Gasteiger partial charge in [0.25, 0.3) is 0 Å². The van der Waals surface area contributed by atoms with Gasteiger partial charge < -0.3 is 19.2 Å². The highest BCUT2D eigenvalue weighted by Gasteiger charge is 2.10. The van der Waals surface area contributed by atoms with Gasteiger partial charge in [-0.05, 0) is 23.8 Å². The minimum atomic E-state index is 0. The quantitative estimate of drug-likeness (QED) is 0.250. The van der Waals surface area contributed by atoms with Crippen LogP contribution in [0.5, 0.6) is 0 Å². The Morgan fingerprint density at radius 1 is 1.28 bits per heavy atom. The Hall–Kier alpha value is -1.88. The topological polar surface area (TPSA) is 71.5 Å². The second-order valence-electron chi connectivity index (χ2n) is 6.39. The number of aliphatic imine (C=N–C) groups is 1. The molecule has 3 rings (SSSR count). The smallest absolute Gasteiger partial charge is 0.194 e. The average molecular weight is 573 g/mol. The number of nitrogens with zero attached hydrogens (tertiary/aromatic N) is 5. The van der Waals surface area contributed by atoms with Crippen molar-refractivity contribution in [1.29, 1.82) is 0 Å². The fraction of sp³-hybridized carbons (Fsp3) is 0.350. The molecule has 0 saturated heterocycles. The molecule has 0 saturated carbocycles. The zero-order valence-electron chi connectivity index (χ0n) is 16.6. The van der Waals surface area contributed by atoms with Gasteiger partial charge in [-0.2, -0.15) is 0 Å². The zero-order chi connectivity index (χ0) is 19.8. The summed E-state index contributed by atoms with van der Waals surface area (Å²) in [5.74, 6) is 2.64. The van der Waals surface area contributed by atoms with Gasteiger partial charge in [-0.15, -0.1) is 34.2 Å². The van der Waals surface area contributed by atoms with E-state index in [-0.39, 0.29) is 24.0 Å². The second-order valence-corrected chi connectivity index (χ2v) is 7.24. The third kappa shape index (κ3) is 6.84. The van der Waals surface area contributed by atoms with Crippen molar-refractivity contribution in [3.05, 3.63) is 70.6 Å². The molecule has 1 N–H and O–H groups in total. The van der Waals surface area contributed by atoms with Crippen LogP contribution in [0, 0.1) is 0 Å². The molecule has 0 fully saturated rings. The van der Waals surface area contributed by atoms with E-state index < -0.39 is 0 Å². The number of rotatable bonds is 8. The molecule has 0 spiro atoms. The fourth-order valence-corrected chi connectivity index (χ4v) is 3.26. The predicted octanol–water partition coefficient (Wildman–Crippen LogP) is 4.09. The molecule has 0 aliphatic carbocycles. The Morgan fingerprint density at radius 3 is 2.83 bits per heavy atom. The molecule has 3 aromatic rings. The summed E-state index contributed by atoms with van der Waals surface area (Å²) in [6.45, 7) is 4.80. The molecule has 2 aromatic heterocycles. The van der Waals surface area contributed by atoms with E-state index in [1.165, 1.54) is 5.56 Å². The second kappa shape index (κ2) is 12.0. The number of aromatic nitrogens is 3. The van der Waals surface area contributed by atoms with Crippen molar-refractivity contribution >= 4 is 45.9 Å². The van der Waals surface area contributed by atoms with E-state index in [9.17, 15) is 0 Å². The molecular weight excluding hydrogens is 547 g/mol. The first kappa shape index (κ1) is 23.4. The molecule has 0 radical (unpaired) electrons. The van der Waals surface area contributed by atoms with Crippen LogP contribution >= 0.6 is 39.9 Å². The SMILES string of the molecule is CCc1nncn1CCNC(=NCc1ccco1)N(C)Cc1ccccc1Br.I. The number of halogens is 2. The van der Waals surface area contributed by atoms with Crippen LogP contribution in [0.1, 0.15) is 24.1 Å². The predicted molar refractivity (Wildman–Crippen MR) is 128 cm³/mol. The van der Waals surface area contributed by atoms with Gasteiger partial charge in [0, 0.05) is 37.6 Å². The third-order valence-electron chi connectivity index (χ3n) is 4.34. The van der Waals surface area contributed by atoms with Crippen molar-refractivity contribution in [2.24, 2.45) is 4.99 Å². The number of furan rings is 1. The fourth-order valence-electron chi connectivity index (χ4n) is 2.85. The lowest BCUT2D eigenvalue weighted by Gasteiger charge is -2.23. The summed E-state index contributed by atoms with van der Waals surface area (Å²) in [6.07, 6.45) is 4.30. The van der Waals surface area contributed by atoms with E-state index in [0.29, 0.717) is 6.54 Å². The molecular formula is C20H26BrIN6O. The minimum absolute atomic E-state index is 0. The average Bonchev–Trinajstić information content (AvgIpc) is 3.37. The molecule has 0 bridgehead atoms. The van der Waals surface area contributed by atoms with Gasteiger partial charge >= 0.3 is 0 Å². The maximum absolute atomic E-state index is 5.41. The standard InChI is InChI=1S/C20H25BrN6O.HI/c1-3-19-25-24-15-27(19)11-10-22-20(23-13-17-8-6-12-28-17)26(2)14-16-7-4-5-9-18(16)21;/h4-9,12,15H,3,10-11,13-14H2,1-2H3,(H,22,23);1H. The first-order chi connectivity index (χ1) is 13.7. The first-order valence-corrected chi connectivity index (χ1v) is 10.1. The van der Waals surface area contributed by atoms with E-state index in [0.717, 1.165) is 48.1 Å². The largest absolute Gasteiger partial charge is 0.467 e. The van der Waals surface area contributed by atoms with Crippen molar-refractivity contribution in [3.63, 3.8) is 0 Å². The van der Waals surface area contributed by atoms with Gasteiger partial charge in [0.15, 0.2) is 5.96 Å². The van der Waals surface area contributed by atoms with Crippen molar-refractivity contribution in [2.45, 2.75) is 33.0 Å². The highest BCUT2D eigenvalue weighted by molar-refractivity contribution is 14.0. The van der Waals surface area contributed by atoms with Crippen LogP contribution in [0.3, 0.4) is 0 Å². The van der Waals surface area contributed by atoms with Crippen LogP contribution in [0.2, 0.25) is 0 Å². The van der Waals surface area contributed by atoms with Gasteiger partial charge in [0.2, 0.25) is 0 Å². The summed E-state index contributed by atoms with van der Waals surface area (Å²) < 4.78 is 8.56. The Balaban J connectivity index is 0.00000300. The Labute approximate surface area is 196 Å². The van der Waals surface area contributed by atoms with Crippen LogP contribution in [0.4, 0.5) is 0 Å². The summed E-state index contributed by atoms with van der Waals surface area (Å²) in [5, 5.41) is 11.6. The maximum atomic E-state index is 5.41. The van der Waals surface area contributed by atoms with Crippen molar-refractivity contribution < 1.29 is 4.42 Å². The molecule has 2 heterocycles. The van der Waals surface area contributed by atoms with Gasteiger partial charge in [-0.1, -0.05) is 41.1 Å². The van der Waals surface area contributed by atoms with Crippen LogP contribution in [-0.4, -0.2) is 39.2 Å². The van der Waals surface area contributed by atoms with E-state index in [1.807, 2.05) is 31.3 Å². The minimum Gasteiger partial charge on any atom is -0.467 e. The number of hydrogen-bond acceptors (Lipinski definition) is 4. The number of nitrogens with one attached hydrogen (secondary N) is 1. The summed E-state index contributed by atoms with van der Waals surface area (Å²) in [5.41, 5.74) is 1.20. The number of benzene rings is 1. The highest BCUT2D eigenvalue weighted by atomic mass is 127. The van der Waals surface area contributed by atoms with Crippen molar-refractivity contribution in [2.75, 3.05) is 13.6 Å². The summed E-state index contributed by atoms with van der Waals surface area (Å²) in [6, 6.07) is 12.0. The molecule has 9 heteroatoms. The number of guanidine groups is 1. The molecule has 29 heavy (non-hydrogen) atoms. The van der Waals surface area contributed by atoms with Gasteiger partial charge in [-0.3, -0.25) is 0 Å². The van der Waals surface area contributed by atoms with Crippen molar-refractivity contribution in [3.8, 4) is 0 Å². The van der Waals surface area contributed by atoms with E-state index in [1.54, 1.807) is 12.6 Å². The molecule has 7 nitrogen and oxygen atoms in total. The first-order valence-electron chi connectivity index (χ1n) is 9.29. The monoisotopic (exact) mass is 572 g/mol. The molecule has 0 unspecified atom stereocenters. The van der Waals surface area contributed by atoms with E-state index in [4.69, 9.17) is 9.41 Å². The van der Waals surface area contributed by atoms with Crippen molar-refractivity contribution in [1.82, 2.24) is 25.0 Å². The van der Waals surface area contributed by atoms with Gasteiger partial charge in [0.05, 0.1) is 6.26 Å². The molecule has 1 aromatic carbocycles. The normalized spacial score (nSPS) is 11.2. The molecule has 0 aliphatic rings. The van der Waals surface area contributed by atoms with E-state index >= 15 is 0 Å². The lowest BCUT2D eigenvalue weighted by Crippen LogP contribution is -2.40. The molecule has 0 aliphatic heterocycles. The van der Waals surface area contributed by atoms with Gasteiger partial charge in [-0.25, -0.2) is 4.99 Å². The van der Waals surface area contributed by atoms with Crippen LogP contribution < -0.4 is 5.32 Å². The lowest BCUT2D eigenvalue weighted by atomic mass is 10.2. The number of aryl methyl sites for hydroxylation is 1. The molecule has 156 valence electrons. The Bertz CT molecular complexity index is 896. The summed E-state index contributed by atoms with van der Waals surface area (Å²) in [7, 11) is 2.03. The Kier molecular flexibility index (Phi) is 9.65. The van der Waals surface area contributed by atoms with Gasteiger partial charge in [0.1, 0.15) is 24.5 Å². The summed E-state index contributed by atoms with van der Waals surface area (Å²) in [4.78, 5) is 6.84. The maximum Gasteiger partial charge on any atom is 0.194 e. The van der Waals surface area contributed by atoms with E-state index in [2.05, 4.69) is 60.0 Å². The Morgan fingerprint density at radius 2 is 2.10 bits per heavy atom. The lowest BCUT2D eigenvalue weighted by molar-refractivity contribution is 0.464. The molecule has 0 atom stereocenters. The highest BCUT2D eigenvalue weighted by Crippen LogP contribution is 2.17.